The van der Waals surface area contributed by atoms with E-state index in [1.54, 1.807) is 6.07 Å². The van der Waals surface area contributed by atoms with Gasteiger partial charge in [0.05, 0.1) is 11.2 Å². The fourth-order valence-electron chi connectivity index (χ4n) is 4.09. The van der Waals surface area contributed by atoms with Gasteiger partial charge in [0.1, 0.15) is 13.3 Å². The number of aromatic nitrogens is 1. The highest BCUT2D eigenvalue weighted by atomic mass is 19.1. The monoisotopic (exact) mass is 383 g/mol. The second-order valence-electron chi connectivity index (χ2n) is 7.23. The summed E-state index contributed by atoms with van der Waals surface area (Å²) in [6, 6.07) is 29.9. The molecule has 142 valence electrons. The van der Waals surface area contributed by atoms with Crippen molar-refractivity contribution in [1.29, 1.82) is 0 Å². The fraction of sp³-hybridized carbons (Fsp3) is 0.0769. The molecule has 0 radical (unpaired) electrons. The Morgan fingerprint density at radius 3 is 2.03 bits per heavy atom. The minimum absolute atomic E-state index is 0.491. The molecule has 0 saturated carbocycles. The zero-order valence-corrected chi connectivity index (χ0v) is 15.8. The van der Waals surface area contributed by atoms with Crippen LogP contribution in [0.2, 0.25) is 0 Å². The lowest BCUT2D eigenvalue weighted by molar-refractivity contribution is 0.475. The van der Waals surface area contributed by atoms with Gasteiger partial charge in [0, 0.05) is 11.1 Å². The number of hydrogen-bond donors (Lipinski definition) is 0. The summed E-state index contributed by atoms with van der Waals surface area (Å²) in [4.78, 5) is 0. The van der Waals surface area contributed by atoms with Crippen molar-refractivity contribution in [3.63, 3.8) is 0 Å². The first-order valence-electron chi connectivity index (χ1n) is 9.62. The van der Waals surface area contributed by atoms with Crippen LogP contribution >= 0.6 is 0 Å². The molecule has 0 saturated heterocycles. The van der Waals surface area contributed by atoms with Crippen LogP contribution in [-0.2, 0) is 13.3 Å². The number of nitrogens with zero attached hydrogens (tertiary/aromatic N) is 1. The van der Waals surface area contributed by atoms with E-state index in [0.717, 1.165) is 33.2 Å². The topological polar surface area (TPSA) is 4.93 Å². The lowest BCUT2D eigenvalue weighted by atomic mass is 10.0. The summed E-state index contributed by atoms with van der Waals surface area (Å²) in [5, 5.41) is 3.45. The van der Waals surface area contributed by atoms with E-state index in [9.17, 15) is 8.78 Å². The van der Waals surface area contributed by atoms with Crippen LogP contribution < -0.4 is 0 Å². The average molecular weight is 383 g/mol. The maximum Gasteiger partial charge on any atom is 0.115 e. The minimum Gasteiger partial charge on any atom is -0.309 e. The number of benzene rings is 4. The maximum atomic E-state index is 13.4. The highest BCUT2D eigenvalue weighted by molar-refractivity contribution is 6.09. The van der Waals surface area contributed by atoms with Gasteiger partial charge in [0.2, 0.25) is 0 Å². The molecule has 5 rings (SSSR count). The predicted molar refractivity (Wildman–Crippen MR) is 116 cm³/mol. The summed E-state index contributed by atoms with van der Waals surface area (Å²) in [7, 11) is 0. The zero-order chi connectivity index (χ0) is 19.8. The number of hydrogen-bond acceptors (Lipinski definition) is 0. The van der Waals surface area contributed by atoms with E-state index >= 15 is 0 Å². The predicted octanol–water partition coefficient (Wildman–Crippen LogP) is 7.39. The van der Waals surface area contributed by atoms with Crippen LogP contribution in [0.3, 0.4) is 0 Å². The number of halogens is 2. The highest BCUT2D eigenvalue weighted by Gasteiger charge is 2.15. The van der Waals surface area contributed by atoms with Gasteiger partial charge in [-0.1, -0.05) is 54.6 Å². The van der Waals surface area contributed by atoms with E-state index in [-0.39, 0.29) is 0 Å². The molecule has 0 fully saturated rings. The Morgan fingerprint density at radius 1 is 0.621 bits per heavy atom. The van der Waals surface area contributed by atoms with Crippen molar-refractivity contribution < 1.29 is 8.78 Å². The molecule has 0 spiro atoms. The molecule has 3 heteroatoms. The molecule has 0 aliphatic carbocycles. The summed E-state index contributed by atoms with van der Waals surface area (Å²) >= 11 is 0. The van der Waals surface area contributed by atoms with Gasteiger partial charge < -0.3 is 4.57 Å². The Morgan fingerprint density at radius 2 is 1.31 bits per heavy atom. The third-order valence-electron chi connectivity index (χ3n) is 5.38. The summed E-state index contributed by atoms with van der Waals surface area (Å²) < 4.78 is 29.1. The van der Waals surface area contributed by atoms with Crippen LogP contribution in [0.5, 0.6) is 0 Å². The standard InChI is InChI=1S/C26H19F2N/c27-16-18-12-19(17-28)14-21(13-18)26-15-24-23-9-5-4-6-20(23)10-11-25(24)29(26)22-7-2-1-3-8-22/h1-15H,16-17H2. The van der Waals surface area contributed by atoms with Crippen molar-refractivity contribution >= 4 is 21.7 Å². The Hall–Kier alpha value is -3.46. The van der Waals surface area contributed by atoms with Crippen LogP contribution in [0, 0.1) is 0 Å². The molecular formula is C26H19F2N. The van der Waals surface area contributed by atoms with Gasteiger partial charge >= 0.3 is 0 Å². The van der Waals surface area contributed by atoms with Crippen LogP contribution in [-0.4, -0.2) is 4.57 Å². The minimum atomic E-state index is -0.616. The molecule has 1 aromatic heterocycles. The number of para-hydroxylation sites is 1. The van der Waals surface area contributed by atoms with Gasteiger partial charge in [-0.15, -0.1) is 0 Å². The van der Waals surface area contributed by atoms with Crippen molar-refractivity contribution in [3.8, 4) is 16.9 Å². The van der Waals surface area contributed by atoms with E-state index in [1.165, 1.54) is 5.39 Å². The van der Waals surface area contributed by atoms with Gasteiger partial charge in [0.25, 0.3) is 0 Å². The molecule has 0 bridgehead atoms. The van der Waals surface area contributed by atoms with E-state index in [2.05, 4.69) is 34.9 Å². The first-order chi connectivity index (χ1) is 14.3. The van der Waals surface area contributed by atoms with Crippen molar-refractivity contribution in [3.05, 3.63) is 102 Å². The molecule has 1 nitrogen and oxygen atoms in total. The SMILES string of the molecule is FCc1cc(CF)cc(-c2cc3c4ccccc4ccc3n2-c2ccccc2)c1. The number of alkyl halides is 2. The molecule has 0 atom stereocenters. The average Bonchev–Trinajstić information content (AvgIpc) is 3.19. The third kappa shape index (κ3) is 2.99. The van der Waals surface area contributed by atoms with E-state index in [1.807, 2.05) is 54.6 Å². The van der Waals surface area contributed by atoms with Crippen molar-refractivity contribution in [2.45, 2.75) is 13.3 Å². The van der Waals surface area contributed by atoms with Crippen LogP contribution in [0.1, 0.15) is 11.1 Å². The highest BCUT2D eigenvalue weighted by Crippen LogP contribution is 2.36. The van der Waals surface area contributed by atoms with Crippen molar-refractivity contribution in [1.82, 2.24) is 4.57 Å². The van der Waals surface area contributed by atoms with Gasteiger partial charge in [-0.3, -0.25) is 0 Å². The molecule has 0 aliphatic heterocycles. The van der Waals surface area contributed by atoms with Crippen LogP contribution in [0.15, 0.2) is 91.0 Å². The fourth-order valence-corrected chi connectivity index (χ4v) is 4.09. The molecule has 1 heterocycles. The lowest BCUT2D eigenvalue weighted by Gasteiger charge is -2.13. The van der Waals surface area contributed by atoms with Crippen LogP contribution in [0.4, 0.5) is 8.78 Å². The largest absolute Gasteiger partial charge is 0.309 e. The van der Waals surface area contributed by atoms with E-state index in [4.69, 9.17) is 0 Å². The maximum absolute atomic E-state index is 13.4. The second-order valence-corrected chi connectivity index (χ2v) is 7.23. The smallest absolute Gasteiger partial charge is 0.115 e. The first-order valence-corrected chi connectivity index (χ1v) is 9.62. The Balaban J connectivity index is 1.89. The second kappa shape index (κ2) is 7.17. The number of rotatable bonds is 4. The van der Waals surface area contributed by atoms with Gasteiger partial charge in [-0.25, -0.2) is 8.78 Å². The lowest BCUT2D eigenvalue weighted by Crippen LogP contribution is -1.97. The quantitative estimate of drug-likeness (QED) is 0.305. The normalized spacial score (nSPS) is 11.4. The van der Waals surface area contributed by atoms with Crippen molar-refractivity contribution in [2.24, 2.45) is 0 Å². The number of fused-ring (bicyclic) bond motifs is 3. The molecule has 4 aromatic carbocycles. The van der Waals surface area contributed by atoms with E-state index in [0.29, 0.717) is 11.1 Å². The third-order valence-corrected chi connectivity index (χ3v) is 5.38. The zero-order valence-electron chi connectivity index (χ0n) is 15.8. The van der Waals surface area contributed by atoms with Crippen molar-refractivity contribution in [2.75, 3.05) is 0 Å². The Kier molecular flexibility index (Phi) is 4.36. The van der Waals surface area contributed by atoms with Gasteiger partial charge in [0.15, 0.2) is 0 Å². The van der Waals surface area contributed by atoms with E-state index < -0.39 is 13.3 Å². The summed E-state index contributed by atoms with van der Waals surface area (Å²) in [5.41, 5.74) is 4.80. The summed E-state index contributed by atoms with van der Waals surface area (Å²) in [6.07, 6.45) is 0. The molecule has 0 aliphatic rings. The molecule has 0 N–H and O–H groups in total. The first kappa shape index (κ1) is 17.6. The molecule has 29 heavy (non-hydrogen) atoms. The van der Waals surface area contributed by atoms with Gasteiger partial charge in [-0.05, 0) is 63.9 Å². The summed E-state index contributed by atoms with van der Waals surface area (Å²) in [6.45, 7) is -1.23. The Bertz CT molecular complexity index is 1300. The van der Waals surface area contributed by atoms with Gasteiger partial charge in [-0.2, -0.15) is 0 Å². The molecule has 0 unspecified atom stereocenters. The summed E-state index contributed by atoms with van der Waals surface area (Å²) in [5.74, 6) is 0. The van der Waals surface area contributed by atoms with Crippen LogP contribution in [0.25, 0.3) is 38.6 Å². The molecule has 0 amide bonds. The molecular weight excluding hydrogens is 364 g/mol. The Labute approximate surface area is 167 Å². The molecule has 5 aromatic rings.